The Morgan fingerprint density at radius 1 is 0.727 bits per heavy atom. The van der Waals surface area contributed by atoms with Gasteiger partial charge >= 0.3 is 11.9 Å². The molecule has 1 unspecified atom stereocenters. The van der Waals surface area contributed by atoms with Crippen LogP contribution in [-0.4, -0.2) is 57.8 Å². The third kappa shape index (κ3) is 5.23. The average molecular weight is 596 g/mol. The van der Waals surface area contributed by atoms with Crippen LogP contribution in [0, 0.1) is 0 Å². The van der Waals surface area contributed by atoms with Gasteiger partial charge in [-0.2, -0.15) is 0 Å². The second-order valence-corrected chi connectivity index (χ2v) is 11.5. The van der Waals surface area contributed by atoms with Crippen molar-refractivity contribution in [2.24, 2.45) is 0 Å². The fourth-order valence-electron chi connectivity index (χ4n) is 6.71. The van der Waals surface area contributed by atoms with Crippen LogP contribution < -0.4 is 14.7 Å². The first-order valence-corrected chi connectivity index (χ1v) is 16.0. The summed E-state index contributed by atoms with van der Waals surface area (Å²) in [6, 6.07) is 19.2. The van der Waals surface area contributed by atoms with Gasteiger partial charge in [0.05, 0.1) is 12.2 Å². The summed E-state index contributed by atoms with van der Waals surface area (Å²) in [5.74, 6) is -0.642. The van der Waals surface area contributed by atoms with E-state index in [1.807, 2.05) is 6.07 Å². The predicted molar refractivity (Wildman–Crippen MR) is 179 cm³/mol. The Kier molecular flexibility index (Phi) is 9.05. The van der Waals surface area contributed by atoms with E-state index in [0.29, 0.717) is 24.2 Å². The summed E-state index contributed by atoms with van der Waals surface area (Å²) in [6.45, 7) is 21.4. The summed E-state index contributed by atoms with van der Waals surface area (Å²) in [4.78, 5) is 32.3. The average Bonchev–Trinajstić information content (AvgIpc) is 3.48. The number of benzene rings is 3. The number of rotatable bonds is 13. The molecule has 3 aromatic carbocycles. The van der Waals surface area contributed by atoms with E-state index in [0.717, 1.165) is 84.1 Å². The van der Waals surface area contributed by atoms with E-state index < -0.39 is 5.60 Å². The molecule has 1 atom stereocenters. The van der Waals surface area contributed by atoms with Gasteiger partial charge in [0.2, 0.25) is 0 Å². The Morgan fingerprint density at radius 3 is 1.61 bits per heavy atom. The molecule has 0 radical (unpaired) electrons. The van der Waals surface area contributed by atoms with Crippen molar-refractivity contribution in [1.82, 2.24) is 0 Å². The summed E-state index contributed by atoms with van der Waals surface area (Å²) in [6.07, 6.45) is 0.705. The quantitative estimate of drug-likeness (QED) is 0.118. The summed E-state index contributed by atoms with van der Waals surface area (Å²) in [5, 5.41) is 0. The van der Waals surface area contributed by atoms with Crippen LogP contribution in [-0.2, 0) is 19.9 Å². The van der Waals surface area contributed by atoms with Crippen LogP contribution in [0.25, 0.3) is 11.1 Å². The smallest absolute Gasteiger partial charge is 0.340 e. The largest absolute Gasteiger partial charge is 0.462 e. The van der Waals surface area contributed by atoms with Crippen LogP contribution in [0.5, 0.6) is 0 Å². The number of nitrogens with zero attached hydrogens (tertiary/aromatic N) is 3. The molecule has 0 bridgehead atoms. The van der Waals surface area contributed by atoms with E-state index in [4.69, 9.17) is 9.47 Å². The SMILES string of the molecule is C=C(C)C(=O)OCCCN(CC)c1ccc2c(c1)-c1cc(N(CC)CC)ccc1C21OC(=O)c2cc(N(CC)CC)ccc21. The molecule has 0 fully saturated rings. The standard InChI is InChI=1S/C37H45N3O4/c1-8-38(9-2)26-14-17-32-29(22-26)30-23-28(40(12-5)20-13-21-43-35(41)25(6)7)16-18-33(30)37(32)34-19-15-27(39(10-3)11-4)24-31(34)36(42)44-37/h14-19,22-24H,6,8-13,20-21H2,1-5,7H3. The zero-order chi connectivity index (χ0) is 31.6. The van der Waals surface area contributed by atoms with E-state index in [-0.39, 0.29) is 11.9 Å². The third-order valence-electron chi connectivity index (χ3n) is 9.06. The Labute approximate surface area is 262 Å². The maximum absolute atomic E-state index is 13.6. The van der Waals surface area contributed by atoms with Crippen molar-refractivity contribution >= 4 is 29.0 Å². The zero-order valence-corrected chi connectivity index (χ0v) is 27.0. The van der Waals surface area contributed by atoms with E-state index >= 15 is 0 Å². The number of hydrogen-bond donors (Lipinski definition) is 0. The van der Waals surface area contributed by atoms with Gasteiger partial charge in [-0.1, -0.05) is 24.8 Å². The van der Waals surface area contributed by atoms with Crippen molar-refractivity contribution in [2.75, 3.05) is 60.6 Å². The van der Waals surface area contributed by atoms with Crippen molar-refractivity contribution in [3.8, 4) is 11.1 Å². The fourth-order valence-corrected chi connectivity index (χ4v) is 6.71. The Bertz CT molecular complexity index is 1570. The lowest BCUT2D eigenvalue weighted by Gasteiger charge is -2.28. The number of anilines is 3. The van der Waals surface area contributed by atoms with Crippen LogP contribution in [0.15, 0.2) is 66.7 Å². The number of carbonyl (C=O) groups excluding carboxylic acids is 2. The Balaban J connectivity index is 1.59. The highest BCUT2D eigenvalue weighted by Crippen LogP contribution is 2.58. The van der Waals surface area contributed by atoms with Gasteiger partial charge in [0.15, 0.2) is 5.60 Å². The lowest BCUT2D eigenvalue weighted by molar-refractivity contribution is -0.138. The van der Waals surface area contributed by atoms with Crippen LogP contribution in [0.3, 0.4) is 0 Å². The molecule has 1 aliphatic heterocycles. The second kappa shape index (κ2) is 12.8. The van der Waals surface area contributed by atoms with Crippen molar-refractivity contribution in [3.63, 3.8) is 0 Å². The first-order valence-electron chi connectivity index (χ1n) is 16.0. The number of carbonyl (C=O) groups is 2. The molecule has 7 heteroatoms. The molecule has 1 heterocycles. The highest BCUT2D eigenvalue weighted by atomic mass is 16.6. The molecule has 5 rings (SSSR count). The summed E-state index contributed by atoms with van der Waals surface area (Å²) in [5.41, 5.74) is 8.35. The molecule has 0 amide bonds. The monoisotopic (exact) mass is 595 g/mol. The van der Waals surface area contributed by atoms with Gasteiger partial charge in [0, 0.05) is 78.6 Å². The van der Waals surface area contributed by atoms with E-state index in [1.165, 1.54) is 0 Å². The number of hydrogen-bond acceptors (Lipinski definition) is 7. The number of ether oxygens (including phenoxy) is 2. The topological polar surface area (TPSA) is 62.3 Å². The number of esters is 2. The molecule has 232 valence electrons. The molecule has 0 saturated heterocycles. The van der Waals surface area contributed by atoms with Crippen molar-refractivity contribution < 1.29 is 19.1 Å². The Hall–Kier alpha value is -4.26. The van der Waals surface area contributed by atoms with Gasteiger partial charge in [-0.05, 0) is 95.5 Å². The zero-order valence-electron chi connectivity index (χ0n) is 27.0. The van der Waals surface area contributed by atoms with E-state index in [1.54, 1.807) is 6.92 Å². The molecule has 1 spiro atoms. The normalized spacial score (nSPS) is 15.8. The first kappa shape index (κ1) is 31.2. The predicted octanol–water partition coefficient (Wildman–Crippen LogP) is 7.16. The third-order valence-corrected chi connectivity index (χ3v) is 9.06. The van der Waals surface area contributed by atoms with Crippen molar-refractivity contribution in [2.45, 2.75) is 53.6 Å². The minimum atomic E-state index is -0.993. The maximum atomic E-state index is 13.6. The van der Waals surface area contributed by atoms with Gasteiger partial charge in [-0.25, -0.2) is 9.59 Å². The van der Waals surface area contributed by atoms with E-state index in [2.05, 4.69) is 104 Å². The lowest BCUT2D eigenvalue weighted by atomic mass is 9.83. The fraction of sp³-hybridized carbons (Fsp3) is 0.405. The molecule has 0 saturated carbocycles. The van der Waals surface area contributed by atoms with Gasteiger partial charge < -0.3 is 24.2 Å². The van der Waals surface area contributed by atoms with Crippen molar-refractivity contribution in [3.05, 3.63) is 89.0 Å². The molecule has 44 heavy (non-hydrogen) atoms. The summed E-state index contributed by atoms with van der Waals surface area (Å²) < 4.78 is 11.8. The molecule has 0 aromatic heterocycles. The molecular weight excluding hydrogens is 550 g/mol. The van der Waals surface area contributed by atoms with Crippen LogP contribution >= 0.6 is 0 Å². The van der Waals surface area contributed by atoms with Crippen LogP contribution in [0.1, 0.15) is 75.0 Å². The van der Waals surface area contributed by atoms with E-state index in [9.17, 15) is 9.59 Å². The summed E-state index contributed by atoms with van der Waals surface area (Å²) >= 11 is 0. The second-order valence-electron chi connectivity index (χ2n) is 11.5. The molecular formula is C37H45N3O4. The molecule has 0 N–H and O–H groups in total. The highest BCUT2D eigenvalue weighted by Gasteiger charge is 2.54. The van der Waals surface area contributed by atoms with Crippen molar-refractivity contribution in [1.29, 1.82) is 0 Å². The minimum Gasteiger partial charge on any atom is -0.462 e. The van der Waals surface area contributed by atoms with Gasteiger partial charge in [0.25, 0.3) is 0 Å². The van der Waals surface area contributed by atoms with Gasteiger partial charge in [0.1, 0.15) is 0 Å². The van der Waals surface area contributed by atoms with Crippen LogP contribution in [0.2, 0.25) is 0 Å². The van der Waals surface area contributed by atoms with Crippen LogP contribution in [0.4, 0.5) is 17.1 Å². The Morgan fingerprint density at radius 2 is 1.16 bits per heavy atom. The molecule has 3 aromatic rings. The number of fused-ring (bicyclic) bond motifs is 7. The highest BCUT2D eigenvalue weighted by molar-refractivity contribution is 6.00. The molecule has 7 nitrogen and oxygen atoms in total. The maximum Gasteiger partial charge on any atom is 0.340 e. The lowest BCUT2D eigenvalue weighted by Crippen LogP contribution is -2.28. The first-order chi connectivity index (χ1) is 21.2. The molecule has 2 aliphatic rings. The summed E-state index contributed by atoms with van der Waals surface area (Å²) in [7, 11) is 0. The minimum absolute atomic E-state index is 0.288. The van der Waals surface area contributed by atoms with Gasteiger partial charge in [-0.15, -0.1) is 0 Å². The van der Waals surface area contributed by atoms with Gasteiger partial charge in [-0.3, -0.25) is 0 Å². The molecule has 1 aliphatic carbocycles.